The van der Waals surface area contributed by atoms with Crippen LogP contribution in [0.2, 0.25) is 0 Å². The van der Waals surface area contributed by atoms with Crippen molar-refractivity contribution < 1.29 is 14.3 Å². The number of hydrogen-bond donors (Lipinski definition) is 3. The summed E-state index contributed by atoms with van der Waals surface area (Å²) < 4.78 is 5.68. The molecule has 0 atom stereocenters. The smallest absolute Gasteiger partial charge is 0.261 e. The number of para-hydroxylation sites is 2. The Morgan fingerprint density at radius 3 is 2.32 bits per heavy atom. The van der Waals surface area contributed by atoms with Gasteiger partial charge < -0.3 is 15.4 Å². The molecule has 6 nitrogen and oxygen atoms in total. The standard InChI is InChI=1S/C21H25N3O3S/c1-4-13-22-19(25)15-9-5-7-11-17(15)23-21(28)24-20(26)16-10-6-8-12-18(16)27-14(2)3/h5-12,14H,4,13H2,1-3H3,(H,22,25)(H2,23,24,26,28). The molecule has 0 bridgehead atoms. The summed E-state index contributed by atoms with van der Waals surface area (Å²) in [6.07, 6.45) is 0.778. The highest BCUT2D eigenvalue weighted by Crippen LogP contribution is 2.19. The summed E-state index contributed by atoms with van der Waals surface area (Å²) in [6.45, 7) is 6.35. The van der Waals surface area contributed by atoms with E-state index in [0.717, 1.165) is 6.42 Å². The van der Waals surface area contributed by atoms with Crippen molar-refractivity contribution in [2.75, 3.05) is 11.9 Å². The number of amides is 2. The van der Waals surface area contributed by atoms with Gasteiger partial charge in [-0.1, -0.05) is 31.2 Å². The molecule has 0 unspecified atom stereocenters. The van der Waals surface area contributed by atoms with E-state index in [-0.39, 0.29) is 23.0 Å². The predicted octanol–water partition coefficient (Wildman–Crippen LogP) is 3.74. The molecule has 0 saturated heterocycles. The molecular weight excluding hydrogens is 374 g/mol. The average Bonchev–Trinajstić information content (AvgIpc) is 2.66. The van der Waals surface area contributed by atoms with Gasteiger partial charge >= 0.3 is 0 Å². The van der Waals surface area contributed by atoms with E-state index in [0.29, 0.717) is 29.1 Å². The lowest BCUT2D eigenvalue weighted by molar-refractivity contribution is 0.0951. The van der Waals surface area contributed by atoms with E-state index in [1.807, 2.05) is 20.8 Å². The van der Waals surface area contributed by atoms with Gasteiger partial charge in [0.1, 0.15) is 5.75 Å². The van der Waals surface area contributed by atoms with Crippen molar-refractivity contribution in [1.82, 2.24) is 10.6 Å². The Morgan fingerprint density at radius 1 is 1.00 bits per heavy atom. The van der Waals surface area contributed by atoms with Crippen LogP contribution in [-0.4, -0.2) is 29.6 Å². The average molecular weight is 400 g/mol. The molecule has 2 rings (SSSR count). The van der Waals surface area contributed by atoms with E-state index < -0.39 is 0 Å². The van der Waals surface area contributed by atoms with Crippen LogP contribution in [0.1, 0.15) is 47.9 Å². The molecule has 2 aromatic rings. The van der Waals surface area contributed by atoms with Crippen LogP contribution < -0.4 is 20.7 Å². The molecule has 0 radical (unpaired) electrons. The maximum atomic E-state index is 12.6. The van der Waals surface area contributed by atoms with Crippen LogP contribution in [0.5, 0.6) is 5.75 Å². The molecule has 0 heterocycles. The minimum atomic E-state index is -0.387. The second-order valence-corrected chi connectivity index (χ2v) is 6.78. The summed E-state index contributed by atoms with van der Waals surface area (Å²) >= 11 is 5.26. The first-order valence-corrected chi connectivity index (χ1v) is 9.58. The van der Waals surface area contributed by atoms with E-state index >= 15 is 0 Å². The van der Waals surface area contributed by atoms with Gasteiger partial charge in [-0.2, -0.15) is 0 Å². The Labute approximate surface area is 170 Å². The van der Waals surface area contributed by atoms with Gasteiger partial charge in [-0.05, 0) is 56.8 Å². The van der Waals surface area contributed by atoms with Crippen molar-refractivity contribution >= 4 is 34.8 Å². The number of thiocarbonyl (C=S) groups is 1. The predicted molar refractivity (Wildman–Crippen MR) is 115 cm³/mol. The number of rotatable bonds is 7. The van der Waals surface area contributed by atoms with Crippen molar-refractivity contribution in [2.24, 2.45) is 0 Å². The van der Waals surface area contributed by atoms with Gasteiger partial charge in [-0.3, -0.25) is 14.9 Å². The second kappa shape index (κ2) is 10.4. The molecule has 2 aromatic carbocycles. The summed E-state index contributed by atoms with van der Waals surface area (Å²) in [5.41, 5.74) is 1.36. The van der Waals surface area contributed by atoms with Crippen molar-refractivity contribution in [3.8, 4) is 5.75 Å². The number of benzene rings is 2. The minimum Gasteiger partial charge on any atom is -0.490 e. The normalized spacial score (nSPS) is 10.3. The molecule has 28 heavy (non-hydrogen) atoms. The van der Waals surface area contributed by atoms with Gasteiger partial charge in [0.15, 0.2) is 5.11 Å². The van der Waals surface area contributed by atoms with E-state index in [2.05, 4.69) is 16.0 Å². The summed E-state index contributed by atoms with van der Waals surface area (Å²) in [5.74, 6) is -0.103. The third-order valence-electron chi connectivity index (χ3n) is 3.68. The second-order valence-electron chi connectivity index (χ2n) is 6.37. The van der Waals surface area contributed by atoms with Gasteiger partial charge in [0.05, 0.1) is 22.9 Å². The van der Waals surface area contributed by atoms with Gasteiger partial charge in [-0.15, -0.1) is 0 Å². The summed E-state index contributed by atoms with van der Waals surface area (Å²) in [5, 5.41) is 8.49. The molecule has 0 aliphatic heterocycles. The fourth-order valence-electron chi connectivity index (χ4n) is 2.46. The van der Waals surface area contributed by atoms with Gasteiger partial charge in [0.2, 0.25) is 0 Å². The van der Waals surface area contributed by atoms with Gasteiger partial charge in [-0.25, -0.2) is 0 Å². The van der Waals surface area contributed by atoms with Crippen LogP contribution in [-0.2, 0) is 0 Å². The molecule has 0 aromatic heterocycles. The van der Waals surface area contributed by atoms with Crippen molar-refractivity contribution in [3.05, 3.63) is 59.7 Å². The lowest BCUT2D eigenvalue weighted by Crippen LogP contribution is -2.35. The maximum Gasteiger partial charge on any atom is 0.261 e. The molecule has 148 valence electrons. The number of carbonyl (C=O) groups is 2. The molecule has 3 N–H and O–H groups in total. The molecule has 0 saturated carbocycles. The molecule has 2 amide bonds. The first-order valence-electron chi connectivity index (χ1n) is 9.17. The third-order valence-corrected chi connectivity index (χ3v) is 3.88. The van der Waals surface area contributed by atoms with Crippen LogP contribution in [0.15, 0.2) is 48.5 Å². The number of carbonyl (C=O) groups excluding carboxylic acids is 2. The number of hydrogen-bond acceptors (Lipinski definition) is 4. The highest BCUT2D eigenvalue weighted by atomic mass is 32.1. The lowest BCUT2D eigenvalue weighted by atomic mass is 10.1. The highest BCUT2D eigenvalue weighted by molar-refractivity contribution is 7.80. The van der Waals surface area contributed by atoms with E-state index in [1.54, 1.807) is 48.5 Å². The minimum absolute atomic E-state index is 0.0625. The zero-order valence-corrected chi connectivity index (χ0v) is 17.1. The van der Waals surface area contributed by atoms with Crippen LogP contribution in [0.25, 0.3) is 0 Å². The largest absolute Gasteiger partial charge is 0.490 e. The van der Waals surface area contributed by atoms with Crippen molar-refractivity contribution in [3.63, 3.8) is 0 Å². The fraction of sp³-hybridized carbons (Fsp3) is 0.286. The number of anilines is 1. The van der Waals surface area contributed by atoms with Crippen molar-refractivity contribution in [2.45, 2.75) is 33.3 Å². The Hall–Kier alpha value is -2.93. The maximum absolute atomic E-state index is 12.6. The zero-order chi connectivity index (χ0) is 20.5. The monoisotopic (exact) mass is 399 g/mol. The van der Waals surface area contributed by atoms with Gasteiger partial charge in [0.25, 0.3) is 11.8 Å². The first kappa shape index (κ1) is 21.4. The highest BCUT2D eigenvalue weighted by Gasteiger charge is 2.16. The Balaban J connectivity index is 2.09. The summed E-state index contributed by atoms with van der Waals surface area (Å²) in [6, 6.07) is 13.9. The lowest BCUT2D eigenvalue weighted by Gasteiger charge is -2.16. The van der Waals surface area contributed by atoms with Gasteiger partial charge in [0, 0.05) is 6.54 Å². The number of ether oxygens (including phenoxy) is 1. The van der Waals surface area contributed by atoms with E-state index in [4.69, 9.17) is 17.0 Å². The van der Waals surface area contributed by atoms with Crippen LogP contribution in [0, 0.1) is 0 Å². The zero-order valence-electron chi connectivity index (χ0n) is 16.2. The van der Waals surface area contributed by atoms with E-state index in [9.17, 15) is 9.59 Å². The molecule has 0 spiro atoms. The molecule has 7 heteroatoms. The van der Waals surface area contributed by atoms with Crippen molar-refractivity contribution in [1.29, 1.82) is 0 Å². The molecule has 0 aliphatic rings. The SMILES string of the molecule is CCCNC(=O)c1ccccc1NC(=S)NC(=O)c1ccccc1OC(C)C. The van der Waals surface area contributed by atoms with E-state index in [1.165, 1.54) is 0 Å². The first-order chi connectivity index (χ1) is 13.4. The molecule has 0 aliphatic carbocycles. The number of nitrogens with one attached hydrogen (secondary N) is 3. The fourth-order valence-corrected chi connectivity index (χ4v) is 2.66. The third kappa shape index (κ3) is 6.06. The summed E-state index contributed by atoms with van der Waals surface area (Å²) in [7, 11) is 0. The quantitative estimate of drug-likeness (QED) is 0.618. The Morgan fingerprint density at radius 2 is 1.64 bits per heavy atom. The molecular formula is C21H25N3O3S. The Kier molecular flexibility index (Phi) is 7.95. The van der Waals surface area contributed by atoms with Crippen LogP contribution >= 0.6 is 12.2 Å². The van der Waals surface area contributed by atoms with Crippen LogP contribution in [0.3, 0.4) is 0 Å². The van der Waals surface area contributed by atoms with Crippen LogP contribution in [0.4, 0.5) is 5.69 Å². The Bertz CT molecular complexity index is 852. The molecule has 0 fully saturated rings. The summed E-state index contributed by atoms with van der Waals surface area (Å²) in [4.78, 5) is 24.9. The topological polar surface area (TPSA) is 79.5 Å².